The summed E-state index contributed by atoms with van der Waals surface area (Å²) in [6.45, 7) is 1.46. The molecule has 0 amide bonds. The highest BCUT2D eigenvalue weighted by atomic mass is 32.2. The number of ketones is 1. The van der Waals surface area contributed by atoms with Crippen LogP contribution in [-0.2, 0) is 14.3 Å². The van der Waals surface area contributed by atoms with Gasteiger partial charge in [0.15, 0.2) is 0 Å². The molecule has 15 heavy (non-hydrogen) atoms. The topological polar surface area (TPSA) is 95.4 Å². The van der Waals surface area contributed by atoms with Gasteiger partial charge in [0, 0.05) is 5.75 Å². The van der Waals surface area contributed by atoms with Crippen LogP contribution >= 0.6 is 11.8 Å². The zero-order valence-electron chi connectivity index (χ0n) is 9.06. The Morgan fingerprint density at radius 1 is 1.33 bits per heavy atom. The molecule has 0 aromatic rings. The van der Waals surface area contributed by atoms with Crippen LogP contribution in [0, 0.1) is 0 Å². The molecule has 2 unspecified atom stereocenters. The standard InChI is InChI=1S/C9H18N2O3S/c1-6(12)8(11)5-15-4-3-7(10)9(13)14-2/h7-8H,3-5,10-11H2,1-2H3. The van der Waals surface area contributed by atoms with Crippen LogP contribution in [0.2, 0.25) is 0 Å². The van der Waals surface area contributed by atoms with E-state index in [0.29, 0.717) is 17.9 Å². The van der Waals surface area contributed by atoms with Gasteiger partial charge in [-0.25, -0.2) is 0 Å². The van der Waals surface area contributed by atoms with Crippen molar-refractivity contribution in [2.75, 3.05) is 18.6 Å². The number of carbonyl (C=O) groups is 2. The van der Waals surface area contributed by atoms with E-state index in [9.17, 15) is 9.59 Å². The van der Waals surface area contributed by atoms with Gasteiger partial charge in [0.05, 0.1) is 13.2 Å². The van der Waals surface area contributed by atoms with Crippen LogP contribution < -0.4 is 11.5 Å². The molecule has 6 heteroatoms. The summed E-state index contributed by atoms with van der Waals surface area (Å²) >= 11 is 1.51. The molecule has 0 fully saturated rings. The van der Waals surface area contributed by atoms with Gasteiger partial charge in [-0.1, -0.05) is 0 Å². The van der Waals surface area contributed by atoms with E-state index in [-0.39, 0.29) is 5.78 Å². The van der Waals surface area contributed by atoms with Crippen molar-refractivity contribution in [2.24, 2.45) is 11.5 Å². The van der Waals surface area contributed by atoms with Crippen molar-refractivity contribution in [3.05, 3.63) is 0 Å². The molecule has 0 rings (SSSR count). The Labute approximate surface area is 93.9 Å². The first-order chi connectivity index (χ1) is 6.99. The van der Waals surface area contributed by atoms with E-state index >= 15 is 0 Å². The lowest BCUT2D eigenvalue weighted by atomic mass is 10.2. The van der Waals surface area contributed by atoms with Crippen LogP contribution in [0.15, 0.2) is 0 Å². The third-order valence-corrected chi connectivity index (χ3v) is 3.02. The Morgan fingerprint density at radius 2 is 1.93 bits per heavy atom. The average Bonchev–Trinajstić information content (AvgIpc) is 2.22. The van der Waals surface area contributed by atoms with E-state index in [0.717, 1.165) is 0 Å². The molecule has 0 saturated heterocycles. The molecule has 0 aliphatic rings. The van der Waals surface area contributed by atoms with Crippen LogP contribution in [0.25, 0.3) is 0 Å². The quantitative estimate of drug-likeness (QED) is 0.456. The highest BCUT2D eigenvalue weighted by Gasteiger charge is 2.13. The minimum atomic E-state index is -0.587. The summed E-state index contributed by atoms with van der Waals surface area (Å²) in [4.78, 5) is 21.7. The molecular formula is C9H18N2O3S. The number of esters is 1. The van der Waals surface area contributed by atoms with Gasteiger partial charge in [-0.15, -0.1) is 0 Å². The average molecular weight is 234 g/mol. The normalized spacial score (nSPS) is 14.4. The molecule has 0 spiro atoms. The fourth-order valence-electron chi connectivity index (χ4n) is 0.807. The molecule has 5 nitrogen and oxygen atoms in total. The van der Waals surface area contributed by atoms with Crippen molar-refractivity contribution in [3.8, 4) is 0 Å². The number of nitrogens with two attached hydrogens (primary N) is 2. The number of methoxy groups -OCH3 is 1. The van der Waals surface area contributed by atoms with Crippen molar-refractivity contribution in [2.45, 2.75) is 25.4 Å². The Morgan fingerprint density at radius 3 is 2.40 bits per heavy atom. The minimum absolute atomic E-state index is 0.0280. The van der Waals surface area contributed by atoms with E-state index in [1.165, 1.54) is 25.8 Å². The van der Waals surface area contributed by atoms with Crippen molar-refractivity contribution < 1.29 is 14.3 Å². The fraction of sp³-hybridized carbons (Fsp3) is 0.778. The van der Waals surface area contributed by atoms with E-state index in [1.807, 2.05) is 0 Å². The molecule has 0 bridgehead atoms. The number of rotatable bonds is 7. The van der Waals surface area contributed by atoms with E-state index in [4.69, 9.17) is 11.5 Å². The second-order valence-electron chi connectivity index (χ2n) is 3.21. The first-order valence-electron chi connectivity index (χ1n) is 4.66. The fourth-order valence-corrected chi connectivity index (χ4v) is 1.88. The summed E-state index contributed by atoms with van der Waals surface area (Å²) in [7, 11) is 1.31. The summed E-state index contributed by atoms with van der Waals surface area (Å²) in [6.07, 6.45) is 0.530. The van der Waals surface area contributed by atoms with Crippen LogP contribution in [-0.4, -0.2) is 42.5 Å². The van der Waals surface area contributed by atoms with Crippen molar-refractivity contribution in [3.63, 3.8) is 0 Å². The maximum absolute atomic E-state index is 10.9. The predicted octanol–water partition coefficient (Wildman–Crippen LogP) is -0.474. The number of hydrogen-bond donors (Lipinski definition) is 2. The van der Waals surface area contributed by atoms with Gasteiger partial charge in [0.2, 0.25) is 0 Å². The van der Waals surface area contributed by atoms with Crippen molar-refractivity contribution in [1.29, 1.82) is 0 Å². The Bertz CT molecular complexity index is 223. The predicted molar refractivity (Wildman–Crippen MR) is 60.6 cm³/mol. The largest absolute Gasteiger partial charge is 0.468 e. The number of Topliss-reactive ketones (excluding diaryl/α,β-unsaturated/α-hetero) is 1. The number of thioether (sulfide) groups is 1. The lowest BCUT2D eigenvalue weighted by Gasteiger charge is -2.10. The highest BCUT2D eigenvalue weighted by Crippen LogP contribution is 2.06. The molecule has 0 radical (unpaired) electrons. The summed E-state index contributed by atoms with van der Waals surface area (Å²) < 4.78 is 4.48. The maximum atomic E-state index is 10.9. The van der Waals surface area contributed by atoms with Gasteiger partial charge >= 0.3 is 5.97 Å². The second kappa shape index (κ2) is 7.67. The summed E-state index contributed by atoms with van der Waals surface area (Å²) in [5, 5.41) is 0. The van der Waals surface area contributed by atoms with E-state index in [2.05, 4.69) is 4.74 Å². The first-order valence-corrected chi connectivity index (χ1v) is 5.81. The molecule has 0 aliphatic carbocycles. The maximum Gasteiger partial charge on any atom is 0.322 e. The van der Waals surface area contributed by atoms with E-state index < -0.39 is 18.1 Å². The third kappa shape index (κ3) is 6.48. The van der Waals surface area contributed by atoms with Gasteiger partial charge in [-0.3, -0.25) is 9.59 Å². The molecule has 0 heterocycles. The van der Waals surface area contributed by atoms with Crippen molar-refractivity contribution >= 4 is 23.5 Å². The Balaban J connectivity index is 3.54. The number of hydrogen-bond acceptors (Lipinski definition) is 6. The summed E-state index contributed by atoms with van der Waals surface area (Å²) in [6, 6.07) is -1.01. The molecular weight excluding hydrogens is 216 g/mol. The van der Waals surface area contributed by atoms with Gasteiger partial charge in [0.1, 0.15) is 11.8 Å². The number of ether oxygens (including phenoxy) is 1. The van der Waals surface area contributed by atoms with Crippen LogP contribution in [0.4, 0.5) is 0 Å². The summed E-state index contributed by atoms with van der Waals surface area (Å²) in [5.41, 5.74) is 11.0. The lowest BCUT2D eigenvalue weighted by Crippen LogP contribution is -2.33. The Hall–Kier alpha value is -0.590. The van der Waals surface area contributed by atoms with Crippen LogP contribution in [0.1, 0.15) is 13.3 Å². The SMILES string of the molecule is COC(=O)C(N)CCSCC(N)C(C)=O. The molecule has 0 aromatic carbocycles. The smallest absolute Gasteiger partial charge is 0.322 e. The zero-order chi connectivity index (χ0) is 11.8. The summed E-state index contributed by atoms with van der Waals surface area (Å²) in [5.74, 6) is 0.812. The molecule has 4 N–H and O–H groups in total. The van der Waals surface area contributed by atoms with Gasteiger partial charge < -0.3 is 16.2 Å². The first kappa shape index (κ1) is 14.4. The third-order valence-electron chi connectivity index (χ3n) is 1.90. The molecule has 0 aromatic heterocycles. The van der Waals surface area contributed by atoms with E-state index in [1.54, 1.807) is 0 Å². The zero-order valence-corrected chi connectivity index (χ0v) is 9.88. The monoisotopic (exact) mass is 234 g/mol. The molecule has 88 valence electrons. The van der Waals surface area contributed by atoms with Gasteiger partial charge in [0.25, 0.3) is 0 Å². The van der Waals surface area contributed by atoms with Crippen molar-refractivity contribution in [1.82, 2.24) is 0 Å². The molecule has 0 aliphatic heterocycles. The van der Waals surface area contributed by atoms with Crippen LogP contribution in [0.5, 0.6) is 0 Å². The van der Waals surface area contributed by atoms with Gasteiger partial charge in [-0.05, 0) is 19.1 Å². The van der Waals surface area contributed by atoms with Crippen LogP contribution in [0.3, 0.4) is 0 Å². The second-order valence-corrected chi connectivity index (χ2v) is 4.36. The molecule has 2 atom stereocenters. The highest BCUT2D eigenvalue weighted by molar-refractivity contribution is 7.99. The number of carbonyl (C=O) groups excluding carboxylic acids is 2. The minimum Gasteiger partial charge on any atom is -0.468 e. The van der Waals surface area contributed by atoms with Gasteiger partial charge in [-0.2, -0.15) is 11.8 Å². The Kier molecular flexibility index (Phi) is 7.37. The molecule has 0 saturated carbocycles. The lowest BCUT2D eigenvalue weighted by molar-refractivity contribution is -0.142.